The van der Waals surface area contributed by atoms with Crippen LogP contribution in [0.5, 0.6) is 11.5 Å². The van der Waals surface area contributed by atoms with Crippen molar-refractivity contribution in [3.63, 3.8) is 0 Å². The molecule has 0 fully saturated rings. The number of nitrogens with zero attached hydrogens (tertiary/aromatic N) is 1. The van der Waals surface area contributed by atoms with Gasteiger partial charge in [-0.25, -0.2) is 0 Å². The van der Waals surface area contributed by atoms with Crippen molar-refractivity contribution in [2.75, 3.05) is 25.6 Å². The first-order valence-corrected chi connectivity index (χ1v) is 8.45. The van der Waals surface area contributed by atoms with Gasteiger partial charge in [0.25, 0.3) is 5.91 Å². The van der Waals surface area contributed by atoms with E-state index in [1.165, 1.54) is 6.21 Å². The number of ether oxygens (including phenoxy) is 2. The molecule has 138 valence electrons. The minimum absolute atomic E-state index is 0.167. The number of aryl methyl sites for hydroxylation is 1. The third-order valence-electron chi connectivity index (χ3n) is 3.42. The molecule has 0 bridgehead atoms. The van der Waals surface area contributed by atoms with Crippen LogP contribution in [-0.4, -0.2) is 32.4 Å². The van der Waals surface area contributed by atoms with Crippen molar-refractivity contribution in [3.05, 3.63) is 53.6 Å². The van der Waals surface area contributed by atoms with Crippen LogP contribution in [0.25, 0.3) is 0 Å². The van der Waals surface area contributed by atoms with E-state index in [1.54, 1.807) is 13.2 Å². The Bertz CT molecular complexity index is 759. The van der Waals surface area contributed by atoms with Crippen molar-refractivity contribution < 1.29 is 19.1 Å². The molecule has 2 rings (SSSR count). The van der Waals surface area contributed by atoms with E-state index in [4.69, 9.17) is 14.3 Å². The van der Waals surface area contributed by atoms with Crippen LogP contribution in [0.2, 0.25) is 0 Å². The van der Waals surface area contributed by atoms with Crippen molar-refractivity contribution in [1.29, 1.82) is 0 Å². The van der Waals surface area contributed by atoms with Crippen molar-refractivity contribution in [3.8, 4) is 11.5 Å². The van der Waals surface area contributed by atoms with Gasteiger partial charge in [-0.15, -0.1) is 0 Å². The van der Waals surface area contributed by atoms with Crippen LogP contribution >= 0.6 is 0 Å². The Kier molecular flexibility index (Phi) is 7.49. The fourth-order valence-corrected chi connectivity index (χ4v) is 2.21. The van der Waals surface area contributed by atoms with Crippen LogP contribution < -0.4 is 14.8 Å². The van der Waals surface area contributed by atoms with Gasteiger partial charge in [0, 0.05) is 11.3 Å². The highest BCUT2D eigenvalue weighted by atomic mass is 16.6. The third-order valence-corrected chi connectivity index (χ3v) is 3.42. The topological polar surface area (TPSA) is 69.2 Å². The highest BCUT2D eigenvalue weighted by Gasteiger charge is 2.05. The molecule has 0 aliphatic rings. The van der Waals surface area contributed by atoms with Crippen LogP contribution in [0.1, 0.15) is 24.5 Å². The quantitative estimate of drug-likeness (QED) is 0.548. The molecule has 2 aromatic rings. The maximum absolute atomic E-state index is 11.8. The Hall–Kier alpha value is -3.02. The van der Waals surface area contributed by atoms with Crippen LogP contribution in [-0.2, 0) is 9.63 Å². The molecule has 0 radical (unpaired) electrons. The lowest BCUT2D eigenvalue weighted by atomic mass is 10.2. The van der Waals surface area contributed by atoms with E-state index in [1.807, 2.05) is 50.2 Å². The SMILES string of the molecule is CCCOc1ccc(/C=N/OCC(=O)Nc2cccc(C)c2)cc1OC. The van der Waals surface area contributed by atoms with Gasteiger partial charge in [0.15, 0.2) is 18.1 Å². The normalized spacial score (nSPS) is 10.6. The van der Waals surface area contributed by atoms with Crippen molar-refractivity contribution in [1.82, 2.24) is 0 Å². The fraction of sp³-hybridized carbons (Fsp3) is 0.300. The summed E-state index contributed by atoms with van der Waals surface area (Å²) in [5.74, 6) is 1.04. The minimum Gasteiger partial charge on any atom is -0.493 e. The number of hydrogen-bond donors (Lipinski definition) is 1. The molecular weight excluding hydrogens is 332 g/mol. The van der Waals surface area contributed by atoms with E-state index < -0.39 is 0 Å². The zero-order chi connectivity index (χ0) is 18.8. The molecule has 0 aliphatic carbocycles. The second kappa shape index (κ2) is 10.1. The Labute approximate surface area is 153 Å². The van der Waals surface area contributed by atoms with E-state index in [-0.39, 0.29) is 12.5 Å². The average Bonchev–Trinajstić information content (AvgIpc) is 2.64. The van der Waals surface area contributed by atoms with Crippen LogP contribution in [0.15, 0.2) is 47.6 Å². The predicted molar refractivity (Wildman–Crippen MR) is 102 cm³/mol. The summed E-state index contributed by atoms with van der Waals surface area (Å²) >= 11 is 0. The molecule has 26 heavy (non-hydrogen) atoms. The fourth-order valence-electron chi connectivity index (χ4n) is 2.21. The smallest absolute Gasteiger partial charge is 0.265 e. The average molecular weight is 356 g/mol. The van der Waals surface area contributed by atoms with Gasteiger partial charge < -0.3 is 19.6 Å². The van der Waals surface area contributed by atoms with Crippen molar-refractivity contribution >= 4 is 17.8 Å². The molecule has 0 saturated heterocycles. The zero-order valence-electron chi connectivity index (χ0n) is 15.3. The van der Waals surface area contributed by atoms with E-state index in [2.05, 4.69) is 10.5 Å². The van der Waals surface area contributed by atoms with Gasteiger partial charge in [-0.05, 0) is 49.2 Å². The number of hydrogen-bond acceptors (Lipinski definition) is 5. The zero-order valence-corrected chi connectivity index (χ0v) is 15.3. The number of benzene rings is 2. The molecule has 6 nitrogen and oxygen atoms in total. The monoisotopic (exact) mass is 356 g/mol. The summed E-state index contributed by atoms with van der Waals surface area (Å²) in [4.78, 5) is 16.9. The highest BCUT2D eigenvalue weighted by Crippen LogP contribution is 2.27. The molecule has 6 heteroatoms. The summed E-state index contributed by atoms with van der Waals surface area (Å²) in [5, 5.41) is 6.58. The van der Waals surface area contributed by atoms with E-state index in [9.17, 15) is 4.79 Å². The molecule has 0 heterocycles. The van der Waals surface area contributed by atoms with Gasteiger partial charge in [-0.3, -0.25) is 4.79 Å². The largest absolute Gasteiger partial charge is 0.493 e. The molecule has 0 atom stereocenters. The number of carbonyl (C=O) groups excluding carboxylic acids is 1. The number of anilines is 1. The standard InChI is InChI=1S/C20H24N2O4/c1-4-10-25-18-9-8-16(12-19(18)24-3)13-21-26-14-20(23)22-17-7-5-6-15(2)11-17/h5-9,11-13H,4,10,14H2,1-3H3,(H,22,23)/b21-13+. The Balaban J connectivity index is 1.85. The van der Waals surface area contributed by atoms with Crippen LogP contribution in [0.4, 0.5) is 5.69 Å². The van der Waals surface area contributed by atoms with Crippen molar-refractivity contribution in [2.45, 2.75) is 20.3 Å². The second-order valence-electron chi connectivity index (χ2n) is 5.68. The van der Waals surface area contributed by atoms with E-state index >= 15 is 0 Å². The minimum atomic E-state index is -0.270. The first-order valence-electron chi connectivity index (χ1n) is 8.45. The molecule has 0 saturated carbocycles. The number of oxime groups is 1. The number of amides is 1. The molecule has 0 aliphatic heterocycles. The summed E-state index contributed by atoms with van der Waals surface area (Å²) in [7, 11) is 1.58. The maximum Gasteiger partial charge on any atom is 0.265 e. The Morgan fingerprint density at radius 2 is 2.04 bits per heavy atom. The molecule has 1 amide bonds. The third kappa shape index (κ3) is 6.12. The number of rotatable bonds is 9. The van der Waals surface area contributed by atoms with Gasteiger partial charge >= 0.3 is 0 Å². The lowest BCUT2D eigenvalue weighted by molar-refractivity contribution is -0.120. The second-order valence-corrected chi connectivity index (χ2v) is 5.68. The Morgan fingerprint density at radius 1 is 1.19 bits per heavy atom. The van der Waals surface area contributed by atoms with Gasteiger partial charge in [0.1, 0.15) is 0 Å². The summed E-state index contributed by atoms with van der Waals surface area (Å²) in [6, 6.07) is 13.0. The first-order chi connectivity index (χ1) is 12.6. The number of methoxy groups -OCH3 is 1. The molecule has 1 N–H and O–H groups in total. The lowest BCUT2D eigenvalue weighted by Gasteiger charge is -2.10. The van der Waals surface area contributed by atoms with Gasteiger partial charge in [-0.2, -0.15) is 0 Å². The number of nitrogens with one attached hydrogen (secondary N) is 1. The molecule has 0 aromatic heterocycles. The van der Waals surface area contributed by atoms with Crippen LogP contribution in [0.3, 0.4) is 0 Å². The van der Waals surface area contributed by atoms with Gasteiger partial charge in [0.05, 0.1) is 19.9 Å². The highest BCUT2D eigenvalue weighted by molar-refractivity contribution is 5.91. The summed E-state index contributed by atoms with van der Waals surface area (Å²) in [6.07, 6.45) is 2.44. The maximum atomic E-state index is 11.8. The van der Waals surface area contributed by atoms with Crippen molar-refractivity contribution in [2.24, 2.45) is 5.16 Å². The predicted octanol–water partition coefficient (Wildman–Crippen LogP) is 3.78. The number of carbonyl (C=O) groups is 1. The summed E-state index contributed by atoms with van der Waals surface area (Å²) < 4.78 is 10.9. The van der Waals surface area contributed by atoms with Crippen LogP contribution in [0, 0.1) is 6.92 Å². The molecule has 2 aromatic carbocycles. The summed E-state index contributed by atoms with van der Waals surface area (Å²) in [5.41, 5.74) is 2.59. The van der Waals surface area contributed by atoms with Gasteiger partial charge in [0.2, 0.25) is 0 Å². The van der Waals surface area contributed by atoms with E-state index in [0.29, 0.717) is 18.1 Å². The molecule has 0 spiro atoms. The lowest BCUT2D eigenvalue weighted by Crippen LogP contribution is -2.16. The molecule has 0 unspecified atom stereocenters. The van der Waals surface area contributed by atoms with Gasteiger partial charge in [-0.1, -0.05) is 24.2 Å². The Morgan fingerprint density at radius 3 is 2.77 bits per heavy atom. The van der Waals surface area contributed by atoms with E-state index in [0.717, 1.165) is 23.2 Å². The first kappa shape index (κ1) is 19.3. The molecular formula is C20H24N2O4. The summed E-state index contributed by atoms with van der Waals surface area (Å²) in [6.45, 7) is 4.46.